The molecule has 4 rings (SSSR count). The molecule has 0 radical (unpaired) electrons. The zero-order valence-corrected chi connectivity index (χ0v) is 17.6. The van der Waals surface area contributed by atoms with Gasteiger partial charge in [0.25, 0.3) is 5.91 Å². The van der Waals surface area contributed by atoms with Crippen LogP contribution in [-0.4, -0.2) is 59.2 Å². The minimum atomic E-state index is -0.101. The summed E-state index contributed by atoms with van der Waals surface area (Å²) < 4.78 is 0. The monoisotopic (exact) mass is 397 g/mol. The molecule has 3 heterocycles. The molecule has 0 aromatic heterocycles. The van der Waals surface area contributed by atoms with Crippen LogP contribution < -0.4 is 5.32 Å². The Bertz CT molecular complexity index is 837. The van der Waals surface area contributed by atoms with E-state index in [1.54, 1.807) is 6.92 Å². The highest BCUT2D eigenvalue weighted by molar-refractivity contribution is 5.94. The second-order valence-corrected chi connectivity index (χ2v) is 9.02. The molecule has 6 heteroatoms. The number of likely N-dealkylation sites (tertiary alicyclic amines) is 1. The lowest BCUT2D eigenvalue weighted by molar-refractivity contribution is -0.155. The van der Waals surface area contributed by atoms with Crippen molar-refractivity contribution < 1.29 is 14.4 Å². The van der Waals surface area contributed by atoms with Crippen molar-refractivity contribution >= 4 is 17.7 Å². The van der Waals surface area contributed by atoms with Crippen molar-refractivity contribution in [2.45, 2.75) is 58.5 Å². The van der Waals surface area contributed by atoms with E-state index in [4.69, 9.17) is 0 Å². The molecule has 0 spiro atoms. The van der Waals surface area contributed by atoms with Gasteiger partial charge >= 0.3 is 0 Å². The van der Waals surface area contributed by atoms with Crippen molar-refractivity contribution in [3.05, 3.63) is 34.9 Å². The highest BCUT2D eigenvalue weighted by atomic mass is 16.2. The molecule has 1 aromatic rings. The van der Waals surface area contributed by atoms with Crippen molar-refractivity contribution in [3.8, 4) is 0 Å². The number of amides is 3. The molecular formula is C23H31N3O3. The predicted octanol–water partition coefficient (Wildman–Crippen LogP) is 2.28. The Morgan fingerprint density at radius 3 is 2.62 bits per heavy atom. The molecule has 3 amide bonds. The first-order chi connectivity index (χ1) is 13.8. The van der Waals surface area contributed by atoms with Gasteiger partial charge in [0, 0.05) is 44.6 Å². The van der Waals surface area contributed by atoms with E-state index in [-0.39, 0.29) is 35.7 Å². The van der Waals surface area contributed by atoms with Gasteiger partial charge in [0.05, 0.1) is 6.04 Å². The minimum absolute atomic E-state index is 0.0401. The molecule has 0 aliphatic carbocycles. The molecular weight excluding hydrogens is 366 g/mol. The van der Waals surface area contributed by atoms with E-state index in [0.29, 0.717) is 31.0 Å². The Kier molecular flexibility index (Phi) is 5.36. The second kappa shape index (κ2) is 7.81. The van der Waals surface area contributed by atoms with Gasteiger partial charge in [0.2, 0.25) is 11.8 Å². The van der Waals surface area contributed by atoms with Crippen molar-refractivity contribution in [1.82, 2.24) is 15.1 Å². The summed E-state index contributed by atoms with van der Waals surface area (Å²) in [6.07, 6.45) is 3.54. The van der Waals surface area contributed by atoms with Crippen LogP contribution in [0, 0.1) is 25.7 Å². The van der Waals surface area contributed by atoms with Gasteiger partial charge in [-0.1, -0.05) is 6.07 Å². The Hall–Kier alpha value is -2.37. The molecule has 1 N–H and O–H groups in total. The van der Waals surface area contributed by atoms with Crippen LogP contribution in [0.25, 0.3) is 0 Å². The van der Waals surface area contributed by atoms with Crippen LogP contribution in [0.4, 0.5) is 0 Å². The standard InChI is InChI=1S/C23H31N3O3/c1-14-7-8-17(9-15(14)2)23(29)24-11-21-19-10-18(12-25(13-19)16(3)27)20-5-4-6-22(28)26(20)21/h7-9,18-21H,4-6,10-13H2,1-3H3,(H,24,29)/t18-,19+,20+,21+/m1/s1. The maximum Gasteiger partial charge on any atom is 0.251 e. The summed E-state index contributed by atoms with van der Waals surface area (Å²) in [5.41, 5.74) is 2.90. The fraction of sp³-hybridized carbons (Fsp3) is 0.609. The van der Waals surface area contributed by atoms with Crippen LogP contribution in [0.1, 0.15) is 54.1 Å². The largest absolute Gasteiger partial charge is 0.350 e. The van der Waals surface area contributed by atoms with E-state index >= 15 is 0 Å². The number of nitrogens with one attached hydrogen (secondary N) is 1. The number of nitrogens with zero attached hydrogens (tertiary/aromatic N) is 2. The minimum Gasteiger partial charge on any atom is -0.350 e. The Morgan fingerprint density at radius 2 is 1.90 bits per heavy atom. The molecule has 0 unspecified atom stereocenters. The number of benzene rings is 1. The third kappa shape index (κ3) is 3.77. The van der Waals surface area contributed by atoms with Gasteiger partial charge in [-0.15, -0.1) is 0 Å². The zero-order valence-electron chi connectivity index (χ0n) is 17.6. The average Bonchev–Trinajstić information content (AvgIpc) is 2.70. The average molecular weight is 398 g/mol. The first kappa shape index (κ1) is 19.9. The first-order valence-electron chi connectivity index (χ1n) is 10.8. The first-order valence-corrected chi connectivity index (χ1v) is 10.8. The van der Waals surface area contributed by atoms with Crippen molar-refractivity contribution in [3.63, 3.8) is 0 Å². The molecule has 3 fully saturated rings. The van der Waals surface area contributed by atoms with Crippen LogP contribution in [0.15, 0.2) is 18.2 Å². The quantitative estimate of drug-likeness (QED) is 0.851. The van der Waals surface area contributed by atoms with Gasteiger partial charge in [-0.3, -0.25) is 14.4 Å². The molecule has 29 heavy (non-hydrogen) atoms. The number of hydrogen-bond acceptors (Lipinski definition) is 3. The number of aryl methyl sites for hydroxylation is 2. The lowest BCUT2D eigenvalue weighted by Gasteiger charge is -2.56. The topological polar surface area (TPSA) is 69.7 Å². The predicted molar refractivity (Wildman–Crippen MR) is 110 cm³/mol. The number of hydrogen-bond donors (Lipinski definition) is 1. The van der Waals surface area contributed by atoms with E-state index in [9.17, 15) is 14.4 Å². The number of carbonyl (C=O) groups is 3. The van der Waals surface area contributed by atoms with Crippen molar-refractivity contribution in [2.75, 3.05) is 19.6 Å². The lowest BCUT2D eigenvalue weighted by Crippen LogP contribution is -2.67. The third-order valence-corrected chi connectivity index (χ3v) is 7.18. The Labute approximate surface area is 172 Å². The van der Waals surface area contributed by atoms with E-state index in [2.05, 4.69) is 10.2 Å². The van der Waals surface area contributed by atoms with E-state index in [1.807, 2.05) is 36.9 Å². The molecule has 2 bridgehead atoms. The molecule has 6 nitrogen and oxygen atoms in total. The Balaban J connectivity index is 1.53. The molecule has 3 saturated heterocycles. The highest BCUT2D eigenvalue weighted by Crippen LogP contribution is 2.41. The van der Waals surface area contributed by atoms with Crippen LogP contribution in [-0.2, 0) is 9.59 Å². The molecule has 156 valence electrons. The normalized spacial score (nSPS) is 28.7. The maximum absolute atomic E-state index is 12.8. The summed E-state index contributed by atoms with van der Waals surface area (Å²) in [5, 5.41) is 3.08. The maximum atomic E-state index is 12.8. The molecule has 3 aliphatic heterocycles. The smallest absolute Gasteiger partial charge is 0.251 e. The summed E-state index contributed by atoms with van der Waals surface area (Å²) in [4.78, 5) is 41.6. The SMILES string of the molecule is CC(=O)N1C[C@H]2C[C@@H](C1)[C@H](CNC(=O)c1ccc(C)c(C)c1)N1C(=O)CCC[C@@H]21. The fourth-order valence-corrected chi connectivity index (χ4v) is 5.48. The van der Waals surface area contributed by atoms with Crippen LogP contribution in [0.2, 0.25) is 0 Å². The zero-order chi connectivity index (χ0) is 20.7. The lowest BCUT2D eigenvalue weighted by atomic mass is 9.72. The molecule has 0 saturated carbocycles. The van der Waals surface area contributed by atoms with E-state index in [0.717, 1.165) is 36.9 Å². The molecule has 4 atom stereocenters. The summed E-state index contributed by atoms with van der Waals surface area (Å²) in [5.74, 6) is 0.783. The number of fused-ring (bicyclic) bond motifs is 4. The number of rotatable bonds is 3. The van der Waals surface area contributed by atoms with Gasteiger partial charge < -0.3 is 15.1 Å². The van der Waals surface area contributed by atoms with Crippen molar-refractivity contribution in [1.29, 1.82) is 0 Å². The number of piperidine rings is 3. The van der Waals surface area contributed by atoms with Gasteiger partial charge in [-0.05, 0) is 68.2 Å². The van der Waals surface area contributed by atoms with E-state index < -0.39 is 0 Å². The van der Waals surface area contributed by atoms with Crippen LogP contribution >= 0.6 is 0 Å². The van der Waals surface area contributed by atoms with E-state index in [1.165, 1.54) is 0 Å². The van der Waals surface area contributed by atoms with Gasteiger partial charge in [0.15, 0.2) is 0 Å². The summed E-state index contributed by atoms with van der Waals surface area (Å²) in [6.45, 7) is 7.52. The molecule has 1 aromatic carbocycles. The number of carbonyl (C=O) groups excluding carboxylic acids is 3. The van der Waals surface area contributed by atoms with Gasteiger partial charge in [-0.2, -0.15) is 0 Å². The Morgan fingerprint density at radius 1 is 1.14 bits per heavy atom. The van der Waals surface area contributed by atoms with Crippen LogP contribution in [0.5, 0.6) is 0 Å². The summed E-state index contributed by atoms with van der Waals surface area (Å²) in [7, 11) is 0. The van der Waals surface area contributed by atoms with Gasteiger partial charge in [-0.25, -0.2) is 0 Å². The third-order valence-electron chi connectivity index (χ3n) is 7.18. The van der Waals surface area contributed by atoms with Crippen LogP contribution in [0.3, 0.4) is 0 Å². The van der Waals surface area contributed by atoms with Crippen molar-refractivity contribution in [2.24, 2.45) is 11.8 Å². The molecule has 3 aliphatic rings. The van der Waals surface area contributed by atoms with Gasteiger partial charge in [0.1, 0.15) is 0 Å². The summed E-state index contributed by atoms with van der Waals surface area (Å²) in [6, 6.07) is 5.88. The summed E-state index contributed by atoms with van der Waals surface area (Å²) >= 11 is 0. The fourth-order valence-electron chi connectivity index (χ4n) is 5.48. The second-order valence-electron chi connectivity index (χ2n) is 9.02. The highest BCUT2D eigenvalue weighted by Gasteiger charge is 2.49.